The molecule has 0 spiro atoms. The molecule has 104 valence electrons. The Hall–Kier alpha value is -2.41. The number of anilines is 1. The van der Waals surface area contributed by atoms with E-state index in [1.807, 2.05) is 16.8 Å². The van der Waals surface area contributed by atoms with Gasteiger partial charge in [0.2, 0.25) is 0 Å². The van der Waals surface area contributed by atoms with Crippen LogP contribution in [0.2, 0.25) is 0 Å². The highest BCUT2D eigenvalue weighted by Crippen LogP contribution is 2.27. The molecule has 0 unspecified atom stereocenters. The van der Waals surface area contributed by atoms with E-state index in [-0.39, 0.29) is 22.8 Å². The van der Waals surface area contributed by atoms with E-state index in [1.54, 1.807) is 24.5 Å². The molecule has 20 heavy (non-hydrogen) atoms. The first-order valence-corrected chi connectivity index (χ1v) is 6.82. The average molecular weight is 291 g/mol. The highest BCUT2D eigenvalue weighted by Gasteiger charge is 2.20. The Labute approximate surface area is 119 Å². The fraction of sp³-hybridized carbons (Fsp3) is 0.154. The molecule has 1 amide bonds. The molecular formula is C13H13N3O3S. The molecule has 0 bridgehead atoms. The molecule has 0 aliphatic carbocycles. The van der Waals surface area contributed by atoms with Crippen molar-refractivity contribution in [3.8, 4) is 0 Å². The first-order chi connectivity index (χ1) is 9.63. The minimum absolute atomic E-state index is 0.115. The molecule has 2 rings (SSSR count). The van der Waals surface area contributed by atoms with E-state index in [0.717, 1.165) is 5.56 Å². The highest BCUT2D eigenvalue weighted by atomic mass is 32.1. The summed E-state index contributed by atoms with van der Waals surface area (Å²) in [7, 11) is 1.55. The monoisotopic (exact) mass is 291 g/mol. The van der Waals surface area contributed by atoms with Crippen LogP contribution in [0.3, 0.4) is 0 Å². The molecule has 0 aliphatic rings. The first-order valence-electron chi connectivity index (χ1n) is 5.88. The SMILES string of the molecule is CNc1c(C(=O)NCc2ccsc2)cccc1[N+](=O)[O-]. The number of rotatable bonds is 5. The number of nitrogens with zero attached hydrogens (tertiary/aromatic N) is 1. The van der Waals surface area contributed by atoms with Gasteiger partial charge in [-0.25, -0.2) is 0 Å². The Bertz CT molecular complexity index is 626. The van der Waals surface area contributed by atoms with E-state index in [9.17, 15) is 14.9 Å². The second kappa shape index (κ2) is 6.16. The first kappa shape index (κ1) is 14.0. The summed E-state index contributed by atoms with van der Waals surface area (Å²) in [4.78, 5) is 22.5. The zero-order chi connectivity index (χ0) is 14.5. The van der Waals surface area contributed by atoms with Gasteiger partial charge < -0.3 is 10.6 Å². The Morgan fingerprint density at radius 3 is 2.80 bits per heavy atom. The summed E-state index contributed by atoms with van der Waals surface area (Å²) >= 11 is 1.55. The molecule has 7 heteroatoms. The van der Waals surface area contributed by atoms with Gasteiger partial charge in [0, 0.05) is 19.7 Å². The van der Waals surface area contributed by atoms with Crippen molar-refractivity contribution in [3.63, 3.8) is 0 Å². The summed E-state index contributed by atoms with van der Waals surface area (Å²) in [6, 6.07) is 6.33. The number of amides is 1. The predicted molar refractivity (Wildman–Crippen MR) is 78.1 cm³/mol. The topological polar surface area (TPSA) is 84.3 Å². The van der Waals surface area contributed by atoms with Crippen molar-refractivity contribution >= 4 is 28.6 Å². The fourth-order valence-electron chi connectivity index (χ4n) is 1.82. The van der Waals surface area contributed by atoms with Gasteiger partial charge in [0.25, 0.3) is 11.6 Å². The van der Waals surface area contributed by atoms with E-state index in [4.69, 9.17) is 0 Å². The Morgan fingerprint density at radius 1 is 1.40 bits per heavy atom. The number of nitro groups is 1. The lowest BCUT2D eigenvalue weighted by molar-refractivity contribution is -0.384. The number of nitro benzene ring substituents is 1. The summed E-state index contributed by atoms with van der Waals surface area (Å²) < 4.78 is 0. The summed E-state index contributed by atoms with van der Waals surface area (Å²) in [5, 5.41) is 20.3. The molecule has 0 fully saturated rings. The number of carbonyl (C=O) groups excluding carboxylic acids is 1. The Kier molecular flexibility index (Phi) is 4.31. The molecule has 1 aromatic carbocycles. The minimum Gasteiger partial charge on any atom is -0.382 e. The van der Waals surface area contributed by atoms with Crippen LogP contribution in [-0.2, 0) is 6.54 Å². The maximum atomic E-state index is 12.1. The lowest BCUT2D eigenvalue weighted by Gasteiger charge is -2.09. The molecule has 0 radical (unpaired) electrons. The van der Waals surface area contributed by atoms with Crippen molar-refractivity contribution in [1.29, 1.82) is 0 Å². The van der Waals surface area contributed by atoms with Gasteiger partial charge in [0.1, 0.15) is 5.69 Å². The summed E-state index contributed by atoms with van der Waals surface area (Å²) in [5.41, 5.74) is 1.37. The standard InChI is InChI=1S/C13H13N3O3S/c1-14-12-10(3-2-4-11(12)16(18)19)13(17)15-7-9-5-6-20-8-9/h2-6,8,14H,7H2,1H3,(H,15,17). The minimum atomic E-state index is -0.512. The normalized spacial score (nSPS) is 10.1. The van der Waals surface area contributed by atoms with Crippen LogP contribution in [0.1, 0.15) is 15.9 Å². The van der Waals surface area contributed by atoms with Crippen LogP contribution in [0.25, 0.3) is 0 Å². The fourth-order valence-corrected chi connectivity index (χ4v) is 2.48. The number of para-hydroxylation sites is 1. The molecule has 1 aromatic heterocycles. The van der Waals surface area contributed by atoms with Crippen LogP contribution in [0, 0.1) is 10.1 Å². The summed E-state index contributed by atoms with van der Waals surface area (Å²) in [6.45, 7) is 0.397. The van der Waals surface area contributed by atoms with Gasteiger partial charge >= 0.3 is 0 Å². The second-order valence-corrected chi connectivity index (χ2v) is 4.80. The quantitative estimate of drug-likeness (QED) is 0.655. The lowest BCUT2D eigenvalue weighted by Crippen LogP contribution is -2.23. The third-order valence-corrected chi connectivity index (χ3v) is 3.50. The van der Waals surface area contributed by atoms with E-state index in [2.05, 4.69) is 10.6 Å². The van der Waals surface area contributed by atoms with Crippen molar-refractivity contribution in [2.75, 3.05) is 12.4 Å². The number of nitrogens with one attached hydrogen (secondary N) is 2. The highest BCUT2D eigenvalue weighted by molar-refractivity contribution is 7.07. The summed E-state index contributed by atoms with van der Waals surface area (Å²) in [6.07, 6.45) is 0. The third kappa shape index (κ3) is 2.94. The number of carbonyl (C=O) groups is 1. The average Bonchev–Trinajstić information content (AvgIpc) is 2.97. The van der Waals surface area contributed by atoms with Crippen LogP contribution < -0.4 is 10.6 Å². The molecule has 0 saturated heterocycles. The lowest BCUT2D eigenvalue weighted by atomic mass is 10.1. The smallest absolute Gasteiger partial charge is 0.293 e. The Morgan fingerprint density at radius 2 is 2.20 bits per heavy atom. The molecule has 0 atom stereocenters. The van der Waals surface area contributed by atoms with E-state index < -0.39 is 4.92 Å². The molecule has 0 saturated carbocycles. The van der Waals surface area contributed by atoms with Crippen LogP contribution in [0.4, 0.5) is 11.4 Å². The largest absolute Gasteiger partial charge is 0.382 e. The Balaban J connectivity index is 2.21. The maximum absolute atomic E-state index is 12.1. The van der Waals surface area contributed by atoms with Crippen LogP contribution in [-0.4, -0.2) is 17.9 Å². The maximum Gasteiger partial charge on any atom is 0.293 e. The zero-order valence-electron chi connectivity index (χ0n) is 10.8. The second-order valence-electron chi connectivity index (χ2n) is 4.02. The number of hydrogen-bond acceptors (Lipinski definition) is 5. The van der Waals surface area contributed by atoms with Gasteiger partial charge in [0.05, 0.1) is 10.5 Å². The molecule has 2 aromatic rings. The van der Waals surface area contributed by atoms with Crippen LogP contribution >= 0.6 is 11.3 Å². The van der Waals surface area contributed by atoms with Gasteiger partial charge in [-0.1, -0.05) is 6.07 Å². The predicted octanol–water partition coefficient (Wildman–Crippen LogP) is 2.63. The molecule has 2 N–H and O–H groups in total. The number of hydrogen-bond donors (Lipinski definition) is 2. The number of benzene rings is 1. The van der Waals surface area contributed by atoms with Crippen LogP contribution in [0.5, 0.6) is 0 Å². The van der Waals surface area contributed by atoms with Crippen molar-refractivity contribution in [2.45, 2.75) is 6.54 Å². The van der Waals surface area contributed by atoms with Gasteiger partial charge in [0.15, 0.2) is 0 Å². The number of thiophene rings is 1. The van der Waals surface area contributed by atoms with Gasteiger partial charge in [-0.2, -0.15) is 11.3 Å². The zero-order valence-corrected chi connectivity index (χ0v) is 11.6. The van der Waals surface area contributed by atoms with Crippen molar-refractivity contribution < 1.29 is 9.72 Å². The van der Waals surface area contributed by atoms with Gasteiger partial charge in [-0.05, 0) is 28.5 Å². The van der Waals surface area contributed by atoms with Crippen molar-refractivity contribution in [1.82, 2.24) is 5.32 Å². The van der Waals surface area contributed by atoms with E-state index in [0.29, 0.717) is 6.54 Å². The van der Waals surface area contributed by atoms with E-state index in [1.165, 1.54) is 12.1 Å². The van der Waals surface area contributed by atoms with Crippen LogP contribution in [0.15, 0.2) is 35.0 Å². The van der Waals surface area contributed by atoms with Gasteiger partial charge in [-0.15, -0.1) is 0 Å². The summed E-state index contributed by atoms with van der Waals surface area (Å²) in [5.74, 6) is -0.343. The molecule has 6 nitrogen and oxygen atoms in total. The molecular weight excluding hydrogens is 278 g/mol. The van der Waals surface area contributed by atoms with E-state index >= 15 is 0 Å². The molecule has 1 heterocycles. The molecule has 0 aliphatic heterocycles. The van der Waals surface area contributed by atoms with Crippen molar-refractivity contribution in [3.05, 3.63) is 56.3 Å². The third-order valence-electron chi connectivity index (χ3n) is 2.77. The van der Waals surface area contributed by atoms with Crippen molar-refractivity contribution in [2.24, 2.45) is 0 Å². The van der Waals surface area contributed by atoms with Gasteiger partial charge in [-0.3, -0.25) is 14.9 Å².